The molecule has 7 nitrogen and oxygen atoms in total. The summed E-state index contributed by atoms with van der Waals surface area (Å²) >= 11 is 5.92. The molecule has 1 fully saturated rings. The summed E-state index contributed by atoms with van der Waals surface area (Å²) in [6.45, 7) is 10.5. The van der Waals surface area contributed by atoms with Gasteiger partial charge in [-0.2, -0.15) is 0 Å². The molecule has 3 amide bonds. The van der Waals surface area contributed by atoms with Crippen LogP contribution in [0.2, 0.25) is 5.02 Å². The van der Waals surface area contributed by atoms with E-state index in [1.165, 1.54) is 0 Å². The molecule has 1 unspecified atom stereocenters. The number of piperazine rings is 1. The van der Waals surface area contributed by atoms with Crippen molar-refractivity contribution in [2.45, 2.75) is 40.2 Å². The van der Waals surface area contributed by atoms with E-state index in [1.807, 2.05) is 45.9 Å². The number of hydrogen-bond acceptors (Lipinski definition) is 4. The van der Waals surface area contributed by atoms with Gasteiger partial charge in [0.15, 0.2) is 0 Å². The molecule has 0 radical (unpaired) electrons. The van der Waals surface area contributed by atoms with Crippen molar-refractivity contribution >= 4 is 35.0 Å². The summed E-state index contributed by atoms with van der Waals surface area (Å²) in [7, 11) is 0. The fourth-order valence-electron chi connectivity index (χ4n) is 4.28. The molecule has 3 rings (SSSR count). The van der Waals surface area contributed by atoms with E-state index in [1.54, 1.807) is 29.2 Å². The van der Waals surface area contributed by atoms with Gasteiger partial charge in [-0.15, -0.1) is 0 Å². The van der Waals surface area contributed by atoms with E-state index in [4.69, 9.17) is 11.6 Å². The fourth-order valence-corrected chi connectivity index (χ4v) is 4.40. The van der Waals surface area contributed by atoms with Crippen molar-refractivity contribution in [3.63, 3.8) is 0 Å². The van der Waals surface area contributed by atoms with E-state index in [-0.39, 0.29) is 30.2 Å². The molecule has 0 saturated carbocycles. The molecule has 2 aromatic rings. The van der Waals surface area contributed by atoms with Crippen molar-refractivity contribution in [1.29, 1.82) is 0 Å². The van der Waals surface area contributed by atoms with Crippen LogP contribution in [0.25, 0.3) is 0 Å². The number of amides is 3. The highest BCUT2D eigenvalue weighted by molar-refractivity contribution is 6.30. The van der Waals surface area contributed by atoms with Gasteiger partial charge in [-0.1, -0.05) is 43.6 Å². The Morgan fingerprint density at radius 2 is 1.54 bits per heavy atom. The number of anilines is 1. The van der Waals surface area contributed by atoms with Crippen molar-refractivity contribution in [1.82, 2.24) is 15.1 Å². The summed E-state index contributed by atoms with van der Waals surface area (Å²) in [6, 6.07) is 11.9. The predicted molar refractivity (Wildman–Crippen MR) is 140 cm³/mol. The second-order valence-corrected chi connectivity index (χ2v) is 10.0. The van der Waals surface area contributed by atoms with E-state index < -0.39 is 6.04 Å². The van der Waals surface area contributed by atoms with E-state index in [0.717, 1.165) is 16.8 Å². The molecule has 1 aliphatic rings. The molecule has 1 aliphatic heterocycles. The first kappa shape index (κ1) is 26.7. The molecule has 0 aliphatic carbocycles. The van der Waals surface area contributed by atoms with Crippen LogP contribution < -0.4 is 10.6 Å². The molecule has 188 valence electrons. The lowest BCUT2D eigenvalue weighted by atomic mass is 10.0. The number of aryl methyl sites for hydroxylation is 2. The zero-order valence-corrected chi connectivity index (χ0v) is 21.7. The standard InChI is InChI=1S/C27H35ClN4O3/c1-18(2)16-23(29-26(34)21-8-10-22(28)11-9-21)27(35)32-14-12-31(13-15-32)17-24(33)30-25-19(3)6-5-7-20(25)4/h5-11,18,23H,12-17H2,1-4H3,(H,29,34)(H,30,33). The largest absolute Gasteiger partial charge is 0.340 e. The van der Waals surface area contributed by atoms with Gasteiger partial charge in [0.1, 0.15) is 6.04 Å². The molecule has 1 heterocycles. The van der Waals surface area contributed by atoms with Crippen LogP contribution >= 0.6 is 11.6 Å². The zero-order chi connectivity index (χ0) is 25.5. The van der Waals surface area contributed by atoms with Crippen molar-refractivity contribution in [3.8, 4) is 0 Å². The monoisotopic (exact) mass is 498 g/mol. The van der Waals surface area contributed by atoms with Gasteiger partial charge in [-0.25, -0.2) is 0 Å². The first-order chi connectivity index (χ1) is 16.6. The molecule has 1 saturated heterocycles. The minimum absolute atomic E-state index is 0.0601. The van der Waals surface area contributed by atoms with Crippen molar-refractivity contribution < 1.29 is 14.4 Å². The Hall–Kier alpha value is -2.90. The lowest BCUT2D eigenvalue weighted by Crippen LogP contribution is -2.56. The molecule has 2 aromatic carbocycles. The van der Waals surface area contributed by atoms with Crippen molar-refractivity contribution in [2.75, 3.05) is 38.0 Å². The van der Waals surface area contributed by atoms with Gasteiger partial charge in [0.05, 0.1) is 6.54 Å². The van der Waals surface area contributed by atoms with Crippen LogP contribution in [0.15, 0.2) is 42.5 Å². The highest BCUT2D eigenvalue weighted by Gasteiger charge is 2.30. The first-order valence-electron chi connectivity index (χ1n) is 12.1. The summed E-state index contributed by atoms with van der Waals surface area (Å²) < 4.78 is 0. The number of rotatable bonds is 8. The van der Waals surface area contributed by atoms with Crippen LogP contribution in [0.4, 0.5) is 5.69 Å². The van der Waals surface area contributed by atoms with Gasteiger partial charge < -0.3 is 15.5 Å². The Labute approximate surface area is 212 Å². The number of carbonyl (C=O) groups excluding carboxylic acids is 3. The Kier molecular flexibility index (Phi) is 9.29. The third-order valence-electron chi connectivity index (χ3n) is 6.21. The van der Waals surface area contributed by atoms with Crippen molar-refractivity contribution in [3.05, 3.63) is 64.2 Å². The second-order valence-electron chi connectivity index (χ2n) is 9.58. The van der Waals surface area contributed by atoms with E-state index in [9.17, 15) is 14.4 Å². The average molecular weight is 499 g/mol. The predicted octanol–water partition coefficient (Wildman–Crippen LogP) is 3.88. The molecule has 2 N–H and O–H groups in total. The van der Waals surface area contributed by atoms with Crippen LogP contribution in [-0.4, -0.2) is 66.3 Å². The summed E-state index contributed by atoms with van der Waals surface area (Å²) in [5, 5.41) is 6.49. The third-order valence-corrected chi connectivity index (χ3v) is 6.47. The van der Waals surface area contributed by atoms with Gasteiger partial charge in [0.25, 0.3) is 5.91 Å². The zero-order valence-electron chi connectivity index (χ0n) is 20.9. The molecule has 8 heteroatoms. The fraction of sp³-hybridized carbons (Fsp3) is 0.444. The number of hydrogen-bond donors (Lipinski definition) is 2. The average Bonchev–Trinajstić information content (AvgIpc) is 2.81. The van der Waals surface area contributed by atoms with Crippen LogP contribution in [-0.2, 0) is 9.59 Å². The molecule has 0 bridgehead atoms. The number of para-hydroxylation sites is 1. The second kappa shape index (κ2) is 12.2. The normalized spacial score (nSPS) is 15.1. The van der Waals surface area contributed by atoms with Crippen LogP contribution in [0.3, 0.4) is 0 Å². The van der Waals surface area contributed by atoms with Crippen LogP contribution in [0.1, 0.15) is 41.8 Å². The van der Waals surface area contributed by atoms with Gasteiger partial charge >= 0.3 is 0 Å². The molecular formula is C27H35ClN4O3. The van der Waals surface area contributed by atoms with E-state index >= 15 is 0 Å². The van der Waals surface area contributed by atoms with E-state index in [2.05, 4.69) is 15.5 Å². The molecule has 35 heavy (non-hydrogen) atoms. The van der Waals surface area contributed by atoms with Crippen molar-refractivity contribution in [2.24, 2.45) is 5.92 Å². The highest BCUT2D eigenvalue weighted by atomic mass is 35.5. The lowest BCUT2D eigenvalue weighted by molar-refractivity contribution is -0.135. The van der Waals surface area contributed by atoms with E-state index in [0.29, 0.717) is 43.2 Å². The van der Waals surface area contributed by atoms with Crippen LogP contribution in [0.5, 0.6) is 0 Å². The maximum absolute atomic E-state index is 13.3. The summed E-state index contributed by atoms with van der Waals surface area (Å²) in [4.78, 5) is 42.5. The Morgan fingerprint density at radius 1 is 0.943 bits per heavy atom. The summed E-state index contributed by atoms with van der Waals surface area (Å²) in [6.07, 6.45) is 0.552. The van der Waals surface area contributed by atoms with Crippen LogP contribution in [0, 0.1) is 19.8 Å². The number of halogens is 1. The minimum atomic E-state index is -0.600. The number of nitrogens with zero attached hydrogens (tertiary/aromatic N) is 2. The Morgan fingerprint density at radius 3 is 2.11 bits per heavy atom. The molecule has 1 atom stereocenters. The highest BCUT2D eigenvalue weighted by Crippen LogP contribution is 2.19. The maximum Gasteiger partial charge on any atom is 0.251 e. The Bertz CT molecular complexity index is 1030. The summed E-state index contributed by atoms with van der Waals surface area (Å²) in [5.41, 5.74) is 3.39. The smallest absolute Gasteiger partial charge is 0.251 e. The van der Waals surface area contributed by atoms with Gasteiger partial charge in [0.2, 0.25) is 11.8 Å². The topological polar surface area (TPSA) is 81.8 Å². The summed E-state index contributed by atoms with van der Waals surface area (Å²) in [5.74, 6) is -0.192. The van der Waals surface area contributed by atoms with Gasteiger partial charge in [-0.3, -0.25) is 19.3 Å². The first-order valence-corrected chi connectivity index (χ1v) is 12.5. The SMILES string of the molecule is Cc1cccc(C)c1NC(=O)CN1CCN(C(=O)C(CC(C)C)NC(=O)c2ccc(Cl)cc2)CC1. The number of nitrogens with one attached hydrogen (secondary N) is 2. The Balaban J connectivity index is 1.54. The maximum atomic E-state index is 13.3. The molecule has 0 aromatic heterocycles. The number of carbonyl (C=O) groups is 3. The molecular weight excluding hydrogens is 464 g/mol. The lowest BCUT2D eigenvalue weighted by Gasteiger charge is -2.36. The third kappa shape index (κ3) is 7.54. The molecule has 0 spiro atoms. The van der Waals surface area contributed by atoms with Gasteiger partial charge in [0, 0.05) is 42.5 Å². The minimum Gasteiger partial charge on any atom is -0.340 e. The number of benzene rings is 2. The quantitative estimate of drug-likeness (QED) is 0.578. The van der Waals surface area contributed by atoms with Gasteiger partial charge in [-0.05, 0) is 61.6 Å².